The van der Waals surface area contributed by atoms with Crippen molar-refractivity contribution in [3.05, 3.63) is 57.8 Å². The Morgan fingerprint density at radius 1 is 1.25 bits per heavy atom. The van der Waals surface area contributed by atoms with Crippen molar-refractivity contribution < 1.29 is 14.4 Å². The van der Waals surface area contributed by atoms with E-state index in [4.69, 9.17) is 0 Å². The lowest BCUT2D eigenvalue weighted by Gasteiger charge is -2.13. The van der Waals surface area contributed by atoms with Crippen molar-refractivity contribution in [3.8, 4) is 0 Å². The highest BCUT2D eigenvalue weighted by Gasteiger charge is 2.36. The normalized spacial score (nSPS) is 13.2. The molecule has 2 aromatic rings. The van der Waals surface area contributed by atoms with Crippen LogP contribution in [0.1, 0.15) is 32.8 Å². The molecule has 24 heavy (non-hydrogen) atoms. The molecule has 0 saturated carbocycles. The highest BCUT2D eigenvalue weighted by molar-refractivity contribution is 9.10. The molecule has 1 aromatic carbocycles. The molecule has 1 N–H and O–H groups in total. The second-order valence-electron chi connectivity index (χ2n) is 5.44. The van der Waals surface area contributed by atoms with Crippen LogP contribution in [-0.2, 0) is 4.79 Å². The Hall–Kier alpha value is -2.54. The molecule has 0 atom stereocenters. The maximum absolute atomic E-state index is 12.2. The third kappa shape index (κ3) is 3.07. The van der Waals surface area contributed by atoms with Crippen molar-refractivity contribution in [1.29, 1.82) is 0 Å². The summed E-state index contributed by atoms with van der Waals surface area (Å²) in [6.45, 7) is 1.97. The van der Waals surface area contributed by atoms with Gasteiger partial charge in [-0.2, -0.15) is 0 Å². The smallest absolute Gasteiger partial charge is 0.280 e. The van der Waals surface area contributed by atoms with Crippen LogP contribution < -0.4 is 5.32 Å². The van der Waals surface area contributed by atoms with Crippen LogP contribution in [0.3, 0.4) is 0 Å². The Bertz CT molecular complexity index is 816. The third-order valence-electron chi connectivity index (χ3n) is 3.69. The molecule has 0 unspecified atom stereocenters. The van der Waals surface area contributed by atoms with Crippen molar-refractivity contribution in [2.45, 2.75) is 13.3 Å². The Labute approximate surface area is 147 Å². The minimum absolute atomic E-state index is 0.0172. The maximum atomic E-state index is 12.2. The molecule has 6 nitrogen and oxygen atoms in total. The first-order valence-corrected chi connectivity index (χ1v) is 8.14. The lowest BCUT2D eigenvalue weighted by Crippen LogP contribution is -2.33. The van der Waals surface area contributed by atoms with E-state index in [0.717, 1.165) is 14.9 Å². The van der Waals surface area contributed by atoms with Crippen LogP contribution in [0.4, 0.5) is 5.69 Å². The second kappa shape index (κ2) is 6.52. The quantitative estimate of drug-likeness (QED) is 0.817. The van der Waals surface area contributed by atoms with E-state index in [9.17, 15) is 14.4 Å². The Kier molecular flexibility index (Phi) is 4.44. The van der Waals surface area contributed by atoms with E-state index in [1.807, 2.05) is 19.1 Å². The number of halogens is 1. The first kappa shape index (κ1) is 16.3. The molecule has 0 saturated heterocycles. The summed E-state index contributed by atoms with van der Waals surface area (Å²) in [4.78, 5) is 41.5. The van der Waals surface area contributed by atoms with E-state index in [1.54, 1.807) is 18.2 Å². The zero-order valence-electron chi connectivity index (χ0n) is 12.9. The van der Waals surface area contributed by atoms with E-state index >= 15 is 0 Å². The van der Waals surface area contributed by atoms with Gasteiger partial charge in [-0.3, -0.25) is 24.3 Å². The van der Waals surface area contributed by atoms with E-state index in [0.29, 0.717) is 5.69 Å². The van der Waals surface area contributed by atoms with Crippen molar-refractivity contribution in [3.63, 3.8) is 0 Å². The van der Waals surface area contributed by atoms with E-state index in [1.165, 1.54) is 6.20 Å². The first-order valence-electron chi connectivity index (χ1n) is 7.34. The van der Waals surface area contributed by atoms with Gasteiger partial charge < -0.3 is 5.32 Å². The molecule has 2 heterocycles. The largest absolute Gasteiger partial charge is 0.325 e. The SMILES string of the molecule is Cc1ccc(NC(=O)CCN2C(=O)c3cccnc3C2=O)c(Br)c1. The third-order valence-corrected chi connectivity index (χ3v) is 4.35. The lowest BCUT2D eigenvalue weighted by molar-refractivity contribution is -0.116. The summed E-state index contributed by atoms with van der Waals surface area (Å²) >= 11 is 3.39. The molecule has 0 bridgehead atoms. The van der Waals surface area contributed by atoms with Gasteiger partial charge in [0, 0.05) is 23.6 Å². The van der Waals surface area contributed by atoms with E-state index in [2.05, 4.69) is 26.2 Å². The molecule has 1 aliphatic heterocycles. The number of carbonyl (C=O) groups is 3. The number of benzene rings is 1. The molecule has 1 aliphatic rings. The standard InChI is InChI=1S/C17H14BrN3O3/c1-10-4-5-13(12(18)9-10)20-14(22)6-8-21-16(23)11-3-2-7-19-15(11)17(21)24/h2-5,7,9H,6,8H2,1H3,(H,20,22). The topological polar surface area (TPSA) is 79.4 Å². The number of aryl methyl sites for hydroxylation is 1. The summed E-state index contributed by atoms with van der Waals surface area (Å²) in [5.41, 5.74) is 2.14. The Balaban J connectivity index is 1.63. The number of rotatable bonds is 4. The molecule has 122 valence electrons. The summed E-state index contributed by atoms with van der Waals surface area (Å²) in [5.74, 6) is -1.14. The number of imide groups is 1. The highest BCUT2D eigenvalue weighted by atomic mass is 79.9. The summed E-state index contributed by atoms with van der Waals surface area (Å²) < 4.78 is 0.779. The minimum atomic E-state index is -0.458. The maximum Gasteiger partial charge on any atom is 0.280 e. The number of nitrogens with one attached hydrogen (secondary N) is 1. The molecule has 7 heteroatoms. The van der Waals surface area contributed by atoms with Crippen molar-refractivity contribution in [2.75, 3.05) is 11.9 Å². The molecular formula is C17H14BrN3O3. The van der Waals surface area contributed by atoms with Crippen LogP contribution in [0.2, 0.25) is 0 Å². The molecule has 3 rings (SSSR count). The van der Waals surface area contributed by atoms with Gasteiger partial charge in [0.2, 0.25) is 5.91 Å². The van der Waals surface area contributed by atoms with Gasteiger partial charge in [-0.1, -0.05) is 6.07 Å². The lowest BCUT2D eigenvalue weighted by atomic mass is 10.2. The molecule has 0 aliphatic carbocycles. The minimum Gasteiger partial charge on any atom is -0.325 e. The number of amides is 3. The number of fused-ring (bicyclic) bond motifs is 1. The van der Waals surface area contributed by atoms with Gasteiger partial charge in [0.15, 0.2) is 0 Å². The molecular weight excluding hydrogens is 374 g/mol. The number of nitrogens with zero attached hydrogens (tertiary/aromatic N) is 2. The van der Waals surface area contributed by atoms with Gasteiger partial charge in [0.05, 0.1) is 11.3 Å². The zero-order chi connectivity index (χ0) is 17.3. The van der Waals surface area contributed by atoms with Gasteiger partial charge in [-0.15, -0.1) is 0 Å². The summed E-state index contributed by atoms with van der Waals surface area (Å²) in [6.07, 6.45) is 1.49. The molecule has 0 fully saturated rings. The molecule has 3 amide bonds. The predicted octanol–water partition coefficient (Wildman–Crippen LogP) is 2.78. The Morgan fingerprint density at radius 3 is 2.75 bits per heavy atom. The summed E-state index contributed by atoms with van der Waals surface area (Å²) in [7, 11) is 0. The van der Waals surface area contributed by atoms with Gasteiger partial charge in [0.25, 0.3) is 11.8 Å². The monoisotopic (exact) mass is 387 g/mol. The number of hydrogen-bond donors (Lipinski definition) is 1. The van der Waals surface area contributed by atoms with E-state index in [-0.39, 0.29) is 30.1 Å². The number of carbonyl (C=O) groups excluding carboxylic acids is 3. The number of anilines is 1. The van der Waals surface area contributed by atoms with Gasteiger partial charge >= 0.3 is 0 Å². The zero-order valence-corrected chi connectivity index (χ0v) is 14.5. The predicted molar refractivity (Wildman–Crippen MR) is 91.7 cm³/mol. The highest BCUT2D eigenvalue weighted by Crippen LogP contribution is 2.24. The van der Waals surface area contributed by atoms with Crippen molar-refractivity contribution >= 4 is 39.3 Å². The average Bonchev–Trinajstić information content (AvgIpc) is 2.80. The van der Waals surface area contributed by atoms with Crippen LogP contribution in [0.5, 0.6) is 0 Å². The van der Waals surface area contributed by atoms with Crippen molar-refractivity contribution in [2.24, 2.45) is 0 Å². The molecule has 1 aromatic heterocycles. The number of aromatic nitrogens is 1. The van der Waals surface area contributed by atoms with Crippen LogP contribution in [0.25, 0.3) is 0 Å². The first-order chi connectivity index (χ1) is 11.5. The van der Waals surface area contributed by atoms with Crippen molar-refractivity contribution in [1.82, 2.24) is 9.88 Å². The fraction of sp³-hybridized carbons (Fsp3) is 0.176. The van der Waals surface area contributed by atoms with Crippen LogP contribution >= 0.6 is 15.9 Å². The van der Waals surface area contributed by atoms with Crippen LogP contribution in [0.15, 0.2) is 41.0 Å². The van der Waals surface area contributed by atoms with Gasteiger partial charge in [-0.05, 0) is 52.7 Å². The van der Waals surface area contributed by atoms with Gasteiger partial charge in [0.1, 0.15) is 5.69 Å². The van der Waals surface area contributed by atoms with Crippen LogP contribution in [-0.4, -0.2) is 34.2 Å². The fourth-order valence-corrected chi connectivity index (χ4v) is 3.06. The molecule has 0 radical (unpaired) electrons. The van der Waals surface area contributed by atoms with Gasteiger partial charge in [-0.25, -0.2) is 0 Å². The number of hydrogen-bond acceptors (Lipinski definition) is 4. The summed E-state index contributed by atoms with van der Waals surface area (Å²) in [5, 5.41) is 2.76. The average molecular weight is 388 g/mol. The second-order valence-corrected chi connectivity index (χ2v) is 6.30. The van der Waals surface area contributed by atoms with E-state index < -0.39 is 11.8 Å². The summed E-state index contributed by atoms with van der Waals surface area (Å²) in [6, 6.07) is 8.74. The number of pyridine rings is 1. The Morgan fingerprint density at radius 2 is 2.04 bits per heavy atom. The van der Waals surface area contributed by atoms with Crippen LogP contribution in [0, 0.1) is 6.92 Å². The fourth-order valence-electron chi connectivity index (χ4n) is 2.46. The molecule has 0 spiro atoms.